The molecule has 0 saturated heterocycles. The number of nitrogens with zero attached hydrogens (tertiary/aromatic N) is 1. The Morgan fingerprint density at radius 3 is 2.65 bits per heavy atom. The van der Waals surface area contributed by atoms with Gasteiger partial charge < -0.3 is 10.6 Å². The van der Waals surface area contributed by atoms with Crippen LogP contribution >= 0.6 is 0 Å². The van der Waals surface area contributed by atoms with E-state index in [0.717, 1.165) is 25.8 Å². The van der Waals surface area contributed by atoms with Gasteiger partial charge in [-0.2, -0.15) is 0 Å². The van der Waals surface area contributed by atoms with Gasteiger partial charge in [0.05, 0.1) is 0 Å². The molecule has 0 radical (unpaired) electrons. The molecule has 1 aromatic carbocycles. The summed E-state index contributed by atoms with van der Waals surface area (Å²) in [7, 11) is 1.70. The van der Waals surface area contributed by atoms with E-state index in [1.54, 1.807) is 7.05 Å². The minimum Gasteiger partial charge on any atom is -0.356 e. The standard InChI is InChI=1S/C15H21F2N3/c1-3-4-8-19-15(18-2)20-13-9-10(13)14-11(16)6-5-7-12(14)17/h5-7,10,13H,3-4,8-9H2,1-2H3,(H2,18,19,20). The number of guanidine groups is 1. The highest BCUT2D eigenvalue weighted by atomic mass is 19.1. The highest BCUT2D eigenvalue weighted by molar-refractivity contribution is 5.80. The largest absolute Gasteiger partial charge is 0.356 e. The van der Waals surface area contributed by atoms with Crippen molar-refractivity contribution < 1.29 is 8.78 Å². The number of benzene rings is 1. The molecule has 20 heavy (non-hydrogen) atoms. The number of halogens is 2. The monoisotopic (exact) mass is 281 g/mol. The van der Waals surface area contributed by atoms with Crippen molar-refractivity contribution >= 4 is 5.96 Å². The first-order chi connectivity index (χ1) is 9.67. The van der Waals surface area contributed by atoms with Gasteiger partial charge in [-0.15, -0.1) is 0 Å². The second-order valence-electron chi connectivity index (χ2n) is 5.08. The Hall–Kier alpha value is -1.65. The molecular weight excluding hydrogens is 260 g/mol. The molecule has 0 spiro atoms. The summed E-state index contributed by atoms with van der Waals surface area (Å²) in [6, 6.07) is 4.06. The van der Waals surface area contributed by atoms with Crippen LogP contribution < -0.4 is 10.6 Å². The lowest BCUT2D eigenvalue weighted by Crippen LogP contribution is -2.39. The zero-order valence-corrected chi connectivity index (χ0v) is 11.9. The van der Waals surface area contributed by atoms with E-state index < -0.39 is 11.6 Å². The summed E-state index contributed by atoms with van der Waals surface area (Å²) >= 11 is 0. The fraction of sp³-hybridized carbons (Fsp3) is 0.533. The fourth-order valence-electron chi connectivity index (χ4n) is 2.29. The van der Waals surface area contributed by atoms with Crippen LogP contribution in [0.2, 0.25) is 0 Å². The molecule has 0 aromatic heterocycles. The van der Waals surface area contributed by atoms with Crippen LogP contribution in [0, 0.1) is 11.6 Å². The highest BCUT2D eigenvalue weighted by Gasteiger charge is 2.42. The molecule has 2 N–H and O–H groups in total. The SMILES string of the molecule is CCCCNC(=NC)NC1CC1c1c(F)cccc1F. The molecule has 2 rings (SSSR count). The van der Waals surface area contributed by atoms with E-state index in [9.17, 15) is 8.78 Å². The van der Waals surface area contributed by atoms with Gasteiger partial charge >= 0.3 is 0 Å². The van der Waals surface area contributed by atoms with Gasteiger partial charge in [-0.25, -0.2) is 8.78 Å². The summed E-state index contributed by atoms with van der Waals surface area (Å²) in [5.41, 5.74) is 0.189. The second-order valence-corrected chi connectivity index (χ2v) is 5.08. The van der Waals surface area contributed by atoms with Crippen molar-refractivity contribution in [3.63, 3.8) is 0 Å². The minimum absolute atomic E-state index is 0.0502. The summed E-state index contributed by atoms with van der Waals surface area (Å²) < 4.78 is 27.3. The summed E-state index contributed by atoms with van der Waals surface area (Å²) in [4.78, 5) is 4.12. The first kappa shape index (κ1) is 14.8. The zero-order valence-electron chi connectivity index (χ0n) is 11.9. The van der Waals surface area contributed by atoms with Gasteiger partial charge in [0, 0.05) is 31.1 Å². The van der Waals surface area contributed by atoms with Crippen molar-refractivity contribution in [2.24, 2.45) is 4.99 Å². The number of rotatable bonds is 5. The summed E-state index contributed by atoms with van der Waals surface area (Å²) in [5.74, 6) is -0.343. The Morgan fingerprint density at radius 1 is 1.35 bits per heavy atom. The molecule has 2 unspecified atom stereocenters. The van der Waals surface area contributed by atoms with Crippen molar-refractivity contribution in [3.05, 3.63) is 35.4 Å². The smallest absolute Gasteiger partial charge is 0.191 e. The van der Waals surface area contributed by atoms with Crippen molar-refractivity contribution in [2.45, 2.75) is 38.1 Å². The van der Waals surface area contributed by atoms with Gasteiger partial charge in [-0.1, -0.05) is 19.4 Å². The van der Waals surface area contributed by atoms with Crippen LogP contribution in [-0.2, 0) is 0 Å². The van der Waals surface area contributed by atoms with E-state index in [2.05, 4.69) is 22.5 Å². The molecule has 1 aromatic rings. The quantitative estimate of drug-likeness (QED) is 0.494. The summed E-state index contributed by atoms with van der Waals surface area (Å²) in [5, 5.41) is 6.40. The van der Waals surface area contributed by atoms with E-state index in [0.29, 0.717) is 5.96 Å². The van der Waals surface area contributed by atoms with E-state index in [1.165, 1.54) is 18.2 Å². The van der Waals surface area contributed by atoms with Crippen LogP contribution in [0.1, 0.15) is 37.7 Å². The number of aliphatic imine (C=N–C) groups is 1. The van der Waals surface area contributed by atoms with E-state index >= 15 is 0 Å². The lowest BCUT2D eigenvalue weighted by Gasteiger charge is -2.11. The predicted octanol–water partition coefficient (Wildman–Crippen LogP) is 2.79. The Balaban J connectivity index is 1.91. The maximum absolute atomic E-state index is 13.7. The third-order valence-corrected chi connectivity index (χ3v) is 3.53. The molecule has 110 valence electrons. The molecular formula is C15H21F2N3. The molecule has 1 aliphatic rings. The van der Waals surface area contributed by atoms with Crippen LogP contribution in [0.15, 0.2) is 23.2 Å². The summed E-state index contributed by atoms with van der Waals surface area (Å²) in [6.07, 6.45) is 2.90. The molecule has 5 heteroatoms. The van der Waals surface area contributed by atoms with Crippen molar-refractivity contribution in [3.8, 4) is 0 Å². The summed E-state index contributed by atoms with van der Waals surface area (Å²) in [6.45, 7) is 2.97. The van der Waals surface area contributed by atoms with Crippen LogP contribution in [-0.4, -0.2) is 25.6 Å². The number of hydrogen-bond donors (Lipinski definition) is 2. The number of hydrogen-bond acceptors (Lipinski definition) is 1. The Kier molecular flexibility index (Phi) is 4.93. The van der Waals surface area contributed by atoms with Gasteiger partial charge in [-0.3, -0.25) is 4.99 Å². The van der Waals surface area contributed by atoms with E-state index in [-0.39, 0.29) is 17.5 Å². The third-order valence-electron chi connectivity index (χ3n) is 3.53. The Bertz CT molecular complexity index is 468. The molecule has 1 fully saturated rings. The first-order valence-corrected chi connectivity index (χ1v) is 7.08. The van der Waals surface area contributed by atoms with Crippen LogP contribution in [0.3, 0.4) is 0 Å². The molecule has 0 bridgehead atoms. The predicted molar refractivity (Wildman–Crippen MR) is 76.9 cm³/mol. The van der Waals surface area contributed by atoms with E-state index in [1.807, 2.05) is 0 Å². The van der Waals surface area contributed by atoms with E-state index in [4.69, 9.17) is 0 Å². The highest BCUT2D eigenvalue weighted by Crippen LogP contribution is 2.42. The molecule has 0 heterocycles. The molecule has 2 atom stereocenters. The fourth-order valence-corrected chi connectivity index (χ4v) is 2.29. The molecule has 1 saturated carbocycles. The van der Waals surface area contributed by atoms with Crippen LogP contribution in [0.4, 0.5) is 8.78 Å². The van der Waals surface area contributed by atoms with Gasteiger partial charge in [-0.05, 0) is 25.0 Å². The maximum Gasteiger partial charge on any atom is 0.191 e. The van der Waals surface area contributed by atoms with Gasteiger partial charge in [0.2, 0.25) is 0 Å². The lowest BCUT2D eigenvalue weighted by atomic mass is 10.1. The lowest BCUT2D eigenvalue weighted by molar-refractivity contribution is 0.553. The molecule has 0 aliphatic heterocycles. The number of unbranched alkanes of at least 4 members (excludes halogenated alkanes) is 1. The van der Waals surface area contributed by atoms with Crippen molar-refractivity contribution in [2.75, 3.05) is 13.6 Å². The number of nitrogens with one attached hydrogen (secondary N) is 2. The second kappa shape index (κ2) is 6.68. The van der Waals surface area contributed by atoms with Gasteiger partial charge in [0.15, 0.2) is 5.96 Å². The van der Waals surface area contributed by atoms with Crippen LogP contribution in [0.5, 0.6) is 0 Å². The van der Waals surface area contributed by atoms with Gasteiger partial charge in [0.1, 0.15) is 11.6 Å². The first-order valence-electron chi connectivity index (χ1n) is 7.08. The van der Waals surface area contributed by atoms with Crippen LogP contribution in [0.25, 0.3) is 0 Å². The average molecular weight is 281 g/mol. The third kappa shape index (κ3) is 3.46. The zero-order chi connectivity index (χ0) is 14.5. The molecule has 0 amide bonds. The topological polar surface area (TPSA) is 36.4 Å². The maximum atomic E-state index is 13.7. The van der Waals surface area contributed by atoms with Gasteiger partial charge in [0.25, 0.3) is 0 Å². The Morgan fingerprint density at radius 2 is 2.05 bits per heavy atom. The Labute approximate surface area is 118 Å². The molecule has 3 nitrogen and oxygen atoms in total. The van der Waals surface area contributed by atoms with Crippen molar-refractivity contribution in [1.29, 1.82) is 0 Å². The normalized spacial score (nSPS) is 21.7. The average Bonchev–Trinajstić information content (AvgIpc) is 3.16. The minimum atomic E-state index is -0.465. The molecule has 1 aliphatic carbocycles. The van der Waals surface area contributed by atoms with Crippen molar-refractivity contribution in [1.82, 2.24) is 10.6 Å².